The standard InChI is InChI=1S/C22H37F2NO2S.Ti/c1-2-3-4-5-6-7-8-9-10-11-12-13-14-15-18-25(28(26)27)22-17-16-20(23)19-21(22)24;/h16-17,19H,2-15,18H2,1H3,(H,26,27);/p-1. The van der Waals surface area contributed by atoms with Gasteiger partial charge in [0, 0.05) is 45.6 Å². The summed E-state index contributed by atoms with van der Waals surface area (Å²) in [6, 6.07) is 2.95. The molecule has 0 aliphatic carbocycles. The minimum Gasteiger partial charge on any atom is -0.755 e. The van der Waals surface area contributed by atoms with Gasteiger partial charge in [-0.05, 0) is 18.6 Å². The van der Waals surface area contributed by atoms with E-state index in [4.69, 9.17) is 0 Å². The second-order valence-electron chi connectivity index (χ2n) is 7.51. The summed E-state index contributed by atoms with van der Waals surface area (Å²) in [5.74, 6) is -1.57. The monoisotopic (exact) mass is 464 g/mol. The summed E-state index contributed by atoms with van der Waals surface area (Å²) in [5, 5.41) is 0. The quantitative estimate of drug-likeness (QED) is 0.141. The molecule has 0 heterocycles. The fraction of sp³-hybridized carbons (Fsp3) is 0.727. The minimum absolute atomic E-state index is 0. The van der Waals surface area contributed by atoms with E-state index in [1.165, 1.54) is 70.3 Å². The second kappa shape index (κ2) is 18.5. The van der Waals surface area contributed by atoms with Crippen molar-refractivity contribution in [1.82, 2.24) is 0 Å². The summed E-state index contributed by atoms with van der Waals surface area (Å²) < 4.78 is 50.5. The van der Waals surface area contributed by atoms with Crippen molar-refractivity contribution >= 4 is 17.0 Å². The summed E-state index contributed by atoms with van der Waals surface area (Å²) >= 11 is -2.57. The van der Waals surface area contributed by atoms with Crippen molar-refractivity contribution in [2.75, 3.05) is 10.8 Å². The fourth-order valence-electron chi connectivity index (χ4n) is 3.41. The summed E-state index contributed by atoms with van der Waals surface area (Å²) in [7, 11) is 0. The Kier molecular flexibility index (Phi) is 18.3. The van der Waals surface area contributed by atoms with Crippen molar-refractivity contribution in [1.29, 1.82) is 0 Å². The number of anilines is 1. The topological polar surface area (TPSA) is 43.4 Å². The van der Waals surface area contributed by atoms with Crippen LogP contribution in [0.4, 0.5) is 14.5 Å². The first-order valence-electron chi connectivity index (χ1n) is 10.9. The van der Waals surface area contributed by atoms with Gasteiger partial charge in [0.25, 0.3) is 0 Å². The molecule has 0 radical (unpaired) electrons. The Bertz CT molecular complexity index is 564. The third-order valence-corrected chi connectivity index (χ3v) is 5.81. The van der Waals surface area contributed by atoms with Crippen LogP contribution < -0.4 is 4.31 Å². The van der Waals surface area contributed by atoms with Crippen LogP contribution in [0.2, 0.25) is 0 Å². The number of halogens is 2. The minimum atomic E-state index is -2.57. The predicted molar refractivity (Wildman–Crippen MR) is 113 cm³/mol. The normalized spacial score (nSPS) is 11.9. The van der Waals surface area contributed by atoms with E-state index in [2.05, 4.69) is 6.92 Å². The van der Waals surface area contributed by atoms with E-state index < -0.39 is 22.9 Å². The molecule has 0 aliphatic rings. The predicted octanol–water partition coefficient (Wildman–Crippen LogP) is 7.04. The number of hydrogen-bond donors (Lipinski definition) is 0. The summed E-state index contributed by atoms with van der Waals surface area (Å²) in [4.78, 5) is 0. The van der Waals surface area contributed by atoms with Crippen LogP contribution in [0.25, 0.3) is 0 Å². The SMILES string of the molecule is CCCCCCCCCCCCCCCCN(c1ccc(F)cc1F)S(=O)[O-].[Ti]. The van der Waals surface area contributed by atoms with Gasteiger partial charge in [0.15, 0.2) is 0 Å². The van der Waals surface area contributed by atoms with Crippen LogP contribution >= 0.6 is 0 Å². The molecule has 0 amide bonds. The third kappa shape index (κ3) is 13.6. The van der Waals surface area contributed by atoms with Crippen molar-refractivity contribution in [2.45, 2.75) is 96.8 Å². The Morgan fingerprint density at radius 1 is 0.828 bits per heavy atom. The van der Waals surface area contributed by atoms with E-state index in [0.29, 0.717) is 12.5 Å². The van der Waals surface area contributed by atoms with Crippen LogP contribution in [0.15, 0.2) is 18.2 Å². The molecule has 166 valence electrons. The maximum absolute atomic E-state index is 13.8. The van der Waals surface area contributed by atoms with E-state index in [9.17, 15) is 17.5 Å². The maximum Gasteiger partial charge on any atom is 0.150 e. The van der Waals surface area contributed by atoms with E-state index in [0.717, 1.165) is 29.6 Å². The second-order valence-corrected chi connectivity index (χ2v) is 8.39. The molecular weight excluding hydrogens is 428 g/mol. The average Bonchev–Trinajstić information content (AvgIpc) is 2.65. The van der Waals surface area contributed by atoms with E-state index in [-0.39, 0.29) is 33.9 Å². The Labute approximate surface area is 193 Å². The Morgan fingerprint density at radius 3 is 1.69 bits per heavy atom. The van der Waals surface area contributed by atoms with Gasteiger partial charge in [-0.25, -0.2) is 8.78 Å². The molecule has 0 spiro atoms. The van der Waals surface area contributed by atoms with Crippen LogP contribution in [0, 0.1) is 11.6 Å². The average molecular weight is 464 g/mol. The molecule has 0 fully saturated rings. The number of rotatable bonds is 17. The van der Waals surface area contributed by atoms with Crippen LogP contribution in [0.1, 0.15) is 96.8 Å². The smallest absolute Gasteiger partial charge is 0.150 e. The van der Waals surface area contributed by atoms with E-state index in [1.807, 2.05) is 0 Å². The molecule has 7 heteroatoms. The van der Waals surface area contributed by atoms with E-state index >= 15 is 0 Å². The molecule has 0 saturated heterocycles. The van der Waals surface area contributed by atoms with Crippen molar-refractivity contribution in [3.63, 3.8) is 0 Å². The van der Waals surface area contributed by atoms with Crippen molar-refractivity contribution in [3.8, 4) is 0 Å². The maximum atomic E-state index is 13.8. The first-order chi connectivity index (χ1) is 13.6. The number of nitrogens with zero attached hydrogens (tertiary/aromatic N) is 1. The first-order valence-corrected chi connectivity index (χ1v) is 11.9. The van der Waals surface area contributed by atoms with Crippen molar-refractivity contribution in [3.05, 3.63) is 29.8 Å². The van der Waals surface area contributed by atoms with E-state index in [1.54, 1.807) is 0 Å². The summed E-state index contributed by atoms with van der Waals surface area (Å²) in [5.41, 5.74) is -0.0931. The molecule has 1 atom stereocenters. The zero-order valence-electron chi connectivity index (χ0n) is 17.8. The molecule has 1 aromatic rings. The molecule has 1 aromatic carbocycles. The van der Waals surface area contributed by atoms with Gasteiger partial charge in [-0.15, -0.1) is 0 Å². The first kappa shape index (κ1) is 28.7. The van der Waals surface area contributed by atoms with Gasteiger partial charge in [-0.1, -0.05) is 90.4 Å². The number of hydrogen-bond acceptors (Lipinski definition) is 2. The zero-order valence-corrected chi connectivity index (χ0v) is 20.1. The van der Waals surface area contributed by atoms with Gasteiger partial charge in [0.1, 0.15) is 11.6 Å². The van der Waals surface area contributed by atoms with Crippen molar-refractivity contribution < 1.29 is 39.3 Å². The van der Waals surface area contributed by atoms with Crippen LogP contribution in [-0.2, 0) is 33.0 Å². The number of unbranched alkanes of at least 4 members (excludes halogenated alkanes) is 13. The third-order valence-electron chi connectivity index (χ3n) is 5.07. The van der Waals surface area contributed by atoms with Gasteiger partial charge in [-0.2, -0.15) is 0 Å². The number of benzene rings is 1. The Balaban J connectivity index is 0.00000784. The van der Waals surface area contributed by atoms with Gasteiger partial charge >= 0.3 is 0 Å². The molecule has 3 nitrogen and oxygen atoms in total. The fourth-order valence-corrected chi connectivity index (χ4v) is 4.00. The molecule has 29 heavy (non-hydrogen) atoms. The molecule has 0 saturated carbocycles. The van der Waals surface area contributed by atoms with Crippen LogP contribution in [-0.4, -0.2) is 15.3 Å². The van der Waals surface area contributed by atoms with Crippen LogP contribution in [0.5, 0.6) is 0 Å². The molecule has 0 N–H and O–H groups in total. The van der Waals surface area contributed by atoms with Gasteiger partial charge in [0.2, 0.25) is 0 Å². The summed E-state index contributed by atoms with van der Waals surface area (Å²) in [6.07, 6.45) is 17.1. The largest absolute Gasteiger partial charge is 0.755 e. The Hall–Kier alpha value is -0.296. The van der Waals surface area contributed by atoms with Gasteiger partial charge < -0.3 is 4.55 Å². The van der Waals surface area contributed by atoms with Crippen LogP contribution in [0.3, 0.4) is 0 Å². The molecule has 0 aliphatic heterocycles. The molecule has 0 aromatic heterocycles. The summed E-state index contributed by atoms with van der Waals surface area (Å²) in [6.45, 7) is 2.46. The van der Waals surface area contributed by atoms with Gasteiger partial charge in [0.05, 0.1) is 5.69 Å². The zero-order chi connectivity index (χ0) is 20.6. The molecule has 0 bridgehead atoms. The van der Waals surface area contributed by atoms with Crippen molar-refractivity contribution in [2.24, 2.45) is 0 Å². The van der Waals surface area contributed by atoms with Gasteiger partial charge in [-0.3, -0.25) is 8.51 Å². The molecular formula is C22H36F2NO2STi-. The molecule has 1 rings (SSSR count). The Morgan fingerprint density at radius 2 is 1.28 bits per heavy atom. The molecule has 1 unspecified atom stereocenters.